The first-order valence-electron chi connectivity index (χ1n) is 5.55. The maximum Gasteiger partial charge on any atom is 0.237 e. The molecule has 1 aromatic carbocycles. The van der Waals surface area contributed by atoms with Crippen molar-refractivity contribution in [3.05, 3.63) is 29.3 Å². The van der Waals surface area contributed by atoms with Gasteiger partial charge in [-0.3, -0.25) is 4.79 Å². The zero-order chi connectivity index (χ0) is 12.3. The van der Waals surface area contributed by atoms with Crippen molar-refractivity contribution in [1.82, 2.24) is 4.90 Å². The van der Waals surface area contributed by atoms with Crippen LogP contribution in [-0.2, 0) is 4.79 Å². The van der Waals surface area contributed by atoms with Gasteiger partial charge in [-0.1, -0.05) is 17.7 Å². The summed E-state index contributed by atoms with van der Waals surface area (Å²) in [5.41, 5.74) is 1.11. The Morgan fingerprint density at radius 1 is 1.24 bits per heavy atom. The first-order valence-corrected chi connectivity index (χ1v) is 6.46. The second kappa shape index (κ2) is 5.61. The van der Waals surface area contributed by atoms with Crippen LogP contribution in [0.2, 0.25) is 5.02 Å². The van der Waals surface area contributed by atoms with Crippen molar-refractivity contribution in [3.8, 4) is 0 Å². The fourth-order valence-electron chi connectivity index (χ4n) is 1.97. The Kier molecular flexibility index (Phi) is 4.13. The molecule has 1 aliphatic heterocycles. The highest BCUT2D eigenvalue weighted by atomic mass is 35.5. The number of hydrogen-bond acceptors (Lipinski definition) is 2. The summed E-state index contributed by atoms with van der Waals surface area (Å²) in [6, 6.07) is 7.78. The van der Waals surface area contributed by atoms with Gasteiger partial charge in [0.1, 0.15) is 5.88 Å². The van der Waals surface area contributed by atoms with Crippen molar-refractivity contribution in [1.29, 1.82) is 0 Å². The quantitative estimate of drug-likeness (QED) is 0.771. The van der Waals surface area contributed by atoms with Gasteiger partial charge in [0.25, 0.3) is 0 Å². The molecule has 0 spiro atoms. The lowest BCUT2D eigenvalue weighted by atomic mass is 10.2. The molecule has 0 unspecified atom stereocenters. The first kappa shape index (κ1) is 12.5. The highest BCUT2D eigenvalue weighted by molar-refractivity contribution is 6.30. The third-order valence-corrected chi connectivity index (χ3v) is 3.38. The average Bonchev–Trinajstić information content (AvgIpc) is 2.38. The minimum Gasteiger partial charge on any atom is -0.368 e. The van der Waals surface area contributed by atoms with Crippen LogP contribution in [0.5, 0.6) is 0 Å². The summed E-state index contributed by atoms with van der Waals surface area (Å²) in [4.78, 5) is 15.4. The van der Waals surface area contributed by atoms with E-state index in [9.17, 15) is 4.79 Å². The lowest BCUT2D eigenvalue weighted by Crippen LogP contribution is -2.49. The molecule has 0 N–H and O–H groups in total. The zero-order valence-electron chi connectivity index (χ0n) is 9.40. The Bertz CT molecular complexity index is 403. The molecule has 2 rings (SSSR count). The summed E-state index contributed by atoms with van der Waals surface area (Å²) in [6.07, 6.45) is 0. The lowest BCUT2D eigenvalue weighted by Gasteiger charge is -2.35. The SMILES string of the molecule is O=C(CCl)N1CCN(c2cccc(Cl)c2)CC1. The Morgan fingerprint density at radius 2 is 1.94 bits per heavy atom. The van der Waals surface area contributed by atoms with E-state index >= 15 is 0 Å². The number of alkyl halides is 1. The molecule has 1 aromatic rings. The van der Waals surface area contributed by atoms with E-state index in [1.54, 1.807) is 4.90 Å². The normalized spacial score (nSPS) is 16.1. The second-order valence-electron chi connectivity index (χ2n) is 3.98. The number of benzene rings is 1. The van der Waals surface area contributed by atoms with Crippen molar-refractivity contribution >= 4 is 34.8 Å². The summed E-state index contributed by atoms with van der Waals surface area (Å²) in [5.74, 6) is 0.0781. The molecule has 1 amide bonds. The molecule has 92 valence electrons. The van der Waals surface area contributed by atoms with Crippen LogP contribution in [0, 0.1) is 0 Å². The lowest BCUT2D eigenvalue weighted by molar-refractivity contribution is -0.128. The maximum atomic E-state index is 11.4. The van der Waals surface area contributed by atoms with Crippen LogP contribution in [-0.4, -0.2) is 42.9 Å². The van der Waals surface area contributed by atoms with Gasteiger partial charge < -0.3 is 9.80 Å². The molecule has 0 atom stereocenters. The fraction of sp³-hybridized carbons (Fsp3) is 0.417. The van der Waals surface area contributed by atoms with E-state index in [0.717, 1.165) is 36.9 Å². The van der Waals surface area contributed by atoms with Gasteiger partial charge in [0, 0.05) is 36.9 Å². The topological polar surface area (TPSA) is 23.6 Å². The monoisotopic (exact) mass is 272 g/mol. The van der Waals surface area contributed by atoms with Crippen LogP contribution in [0.25, 0.3) is 0 Å². The van der Waals surface area contributed by atoms with Crippen LogP contribution < -0.4 is 4.90 Å². The Labute approximate surface area is 111 Å². The number of hydrogen-bond donors (Lipinski definition) is 0. The van der Waals surface area contributed by atoms with Crippen LogP contribution in [0.4, 0.5) is 5.69 Å². The number of halogens is 2. The van der Waals surface area contributed by atoms with Gasteiger partial charge in [-0.05, 0) is 18.2 Å². The Morgan fingerprint density at radius 3 is 2.53 bits per heavy atom. The number of carbonyl (C=O) groups excluding carboxylic acids is 1. The number of amides is 1. The molecule has 1 heterocycles. The number of piperazine rings is 1. The molecule has 17 heavy (non-hydrogen) atoms. The molecule has 1 fully saturated rings. The molecular weight excluding hydrogens is 259 g/mol. The minimum atomic E-state index is 0.0115. The van der Waals surface area contributed by atoms with Gasteiger partial charge in [-0.25, -0.2) is 0 Å². The predicted octanol–water partition coefficient (Wildman–Crippen LogP) is 2.23. The van der Waals surface area contributed by atoms with Gasteiger partial charge in [-0.2, -0.15) is 0 Å². The highest BCUT2D eigenvalue weighted by Crippen LogP contribution is 2.20. The molecule has 3 nitrogen and oxygen atoms in total. The van der Waals surface area contributed by atoms with Crippen LogP contribution in [0.15, 0.2) is 24.3 Å². The van der Waals surface area contributed by atoms with Crippen LogP contribution >= 0.6 is 23.2 Å². The van der Waals surface area contributed by atoms with E-state index in [1.807, 2.05) is 24.3 Å². The van der Waals surface area contributed by atoms with Gasteiger partial charge >= 0.3 is 0 Å². The van der Waals surface area contributed by atoms with Crippen molar-refractivity contribution in [2.75, 3.05) is 37.0 Å². The summed E-state index contributed by atoms with van der Waals surface area (Å²) in [5, 5.41) is 0.738. The van der Waals surface area contributed by atoms with Crippen molar-refractivity contribution in [2.45, 2.75) is 0 Å². The van der Waals surface area contributed by atoms with E-state index in [-0.39, 0.29) is 11.8 Å². The molecular formula is C12H14Cl2N2O. The largest absolute Gasteiger partial charge is 0.368 e. The number of rotatable bonds is 2. The third kappa shape index (κ3) is 3.05. The second-order valence-corrected chi connectivity index (χ2v) is 4.69. The summed E-state index contributed by atoms with van der Waals surface area (Å²) in [6.45, 7) is 3.09. The number of nitrogens with zero attached hydrogens (tertiary/aromatic N) is 2. The Hall–Kier alpha value is -0.930. The highest BCUT2D eigenvalue weighted by Gasteiger charge is 2.20. The van der Waals surface area contributed by atoms with Gasteiger partial charge in [0.05, 0.1) is 0 Å². The molecule has 1 aliphatic rings. The maximum absolute atomic E-state index is 11.4. The molecule has 0 radical (unpaired) electrons. The smallest absolute Gasteiger partial charge is 0.237 e. The van der Waals surface area contributed by atoms with E-state index in [0.29, 0.717) is 0 Å². The first-order chi connectivity index (χ1) is 8.20. The molecule has 0 bridgehead atoms. The average molecular weight is 273 g/mol. The van der Waals surface area contributed by atoms with Crippen molar-refractivity contribution in [2.24, 2.45) is 0 Å². The summed E-state index contributed by atoms with van der Waals surface area (Å²) in [7, 11) is 0. The van der Waals surface area contributed by atoms with Gasteiger partial charge in [0.2, 0.25) is 5.91 Å². The van der Waals surface area contributed by atoms with E-state index in [2.05, 4.69) is 4.90 Å². The third-order valence-electron chi connectivity index (χ3n) is 2.92. The number of anilines is 1. The van der Waals surface area contributed by atoms with Crippen LogP contribution in [0.3, 0.4) is 0 Å². The predicted molar refractivity (Wildman–Crippen MR) is 71.0 cm³/mol. The van der Waals surface area contributed by atoms with E-state index in [4.69, 9.17) is 23.2 Å². The molecule has 5 heteroatoms. The minimum absolute atomic E-state index is 0.0115. The fourth-order valence-corrected chi connectivity index (χ4v) is 2.32. The van der Waals surface area contributed by atoms with Crippen LogP contribution in [0.1, 0.15) is 0 Å². The molecule has 0 saturated carbocycles. The van der Waals surface area contributed by atoms with Gasteiger partial charge in [-0.15, -0.1) is 11.6 Å². The standard InChI is InChI=1S/C12H14Cl2N2O/c13-9-12(17)16-6-4-15(5-7-16)11-3-1-2-10(14)8-11/h1-3,8H,4-7,9H2. The number of carbonyl (C=O) groups is 1. The Balaban J connectivity index is 1.97. The summed E-state index contributed by atoms with van der Waals surface area (Å²) < 4.78 is 0. The van der Waals surface area contributed by atoms with Crippen molar-refractivity contribution in [3.63, 3.8) is 0 Å². The summed E-state index contributed by atoms with van der Waals surface area (Å²) >= 11 is 11.5. The molecule has 0 aliphatic carbocycles. The van der Waals surface area contributed by atoms with Crippen molar-refractivity contribution < 1.29 is 4.79 Å². The van der Waals surface area contributed by atoms with Gasteiger partial charge in [0.15, 0.2) is 0 Å². The molecule has 0 aromatic heterocycles. The zero-order valence-corrected chi connectivity index (χ0v) is 10.9. The van der Waals surface area contributed by atoms with E-state index in [1.165, 1.54) is 0 Å². The molecule has 1 saturated heterocycles. The van der Waals surface area contributed by atoms with E-state index < -0.39 is 0 Å².